The second-order valence-electron chi connectivity index (χ2n) is 7.29. The van der Waals surface area contributed by atoms with Gasteiger partial charge in [0.1, 0.15) is 0 Å². The number of aliphatic hydroxyl groups excluding tert-OH is 1. The number of benzene rings is 2. The first-order valence-electron chi connectivity index (χ1n) is 9.88. The van der Waals surface area contributed by atoms with Crippen LogP contribution in [0.25, 0.3) is 22.8 Å². The first-order chi connectivity index (χ1) is 16.1. The van der Waals surface area contributed by atoms with Crippen LogP contribution in [0, 0.1) is 0 Å². The average molecular weight is 510 g/mol. The SMILES string of the molecule is O=c1n(Cc2ccnc(-c3ccccc3Cl)n2)nc(-c2ccc(Cl)cc2)n1CC(O)C(F)(F)F. The van der Waals surface area contributed by atoms with Gasteiger partial charge >= 0.3 is 11.9 Å². The Labute approximate surface area is 201 Å². The molecule has 0 radical (unpaired) electrons. The molecule has 0 saturated carbocycles. The number of hydrogen-bond donors (Lipinski definition) is 1. The van der Waals surface area contributed by atoms with Gasteiger partial charge in [-0.2, -0.15) is 13.2 Å². The third-order valence-electron chi connectivity index (χ3n) is 4.90. The molecule has 12 heteroatoms. The molecule has 4 rings (SSSR count). The summed E-state index contributed by atoms with van der Waals surface area (Å²) in [7, 11) is 0. The van der Waals surface area contributed by atoms with Crippen LogP contribution < -0.4 is 5.69 Å². The summed E-state index contributed by atoms with van der Waals surface area (Å²) in [4.78, 5) is 21.6. The van der Waals surface area contributed by atoms with Crippen LogP contribution >= 0.6 is 23.2 Å². The molecule has 0 amide bonds. The Morgan fingerprint density at radius 2 is 1.74 bits per heavy atom. The molecule has 0 spiro atoms. The topological polar surface area (TPSA) is 85.8 Å². The Balaban J connectivity index is 1.74. The van der Waals surface area contributed by atoms with Gasteiger partial charge in [-0.15, -0.1) is 5.10 Å². The molecule has 0 saturated heterocycles. The average Bonchev–Trinajstić information content (AvgIpc) is 3.09. The Kier molecular flexibility index (Phi) is 6.74. The standard InChI is InChI=1S/C22H16Cl2F3N5O2/c23-14-7-5-13(6-8-14)20-30-32(21(34)31(20)12-18(33)22(25,26)27)11-15-9-10-28-19(29-15)16-3-1-2-4-17(16)24/h1-10,18,33H,11-12H2. The quantitative estimate of drug-likeness (QED) is 0.415. The fourth-order valence-corrected chi connectivity index (χ4v) is 3.55. The van der Waals surface area contributed by atoms with E-state index in [2.05, 4.69) is 15.1 Å². The van der Waals surface area contributed by atoms with Gasteiger partial charge < -0.3 is 5.11 Å². The second-order valence-corrected chi connectivity index (χ2v) is 8.13. The highest BCUT2D eigenvalue weighted by atomic mass is 35.5. The molecule has 0 fully saturated rings. The Hall–Kier alpha value is -3.21. The van der Waals surface area contributed by atoms with Gasteiger partial charge in [-0.1, -0.05) is 35.3 Å². The van der Waals surface area contributed by atoms with Crippen molar-refractivity contribution in [2.75, 3.05) is 0 Å². The van der Waals surface area contributed by atoms with E-state index in [1.807, 2.05) is 0 Å². The largest absolute Gasteiger partial charge is 0.416 e. The van der Waals surface area contributed by atoms with Gasteiger partial charge in [0.2, 0.25) is 0 Å². The predicted molar refractivity (Wildman–Crippen MR) is 121 cm³/mol. The summed E-state index contributed by atoms with van der Waals surface area (Å²) in [6.45, 7) is -1.16. The van der Waals surface area contributed by atoms with E-state index in [0.29, 0.717) is 32.7 Å². The fourth-order valence-electron chi connectivity index (χ4n) is 3.21. The van der Waals surface area contributed by atoms with Crippen LogP contribution in [0.4, 0.5) is 13.2 Å². The highest BCUT2D eigenvalue weighted by Crippen LogP contribution is 2.25. The molecule has 2 aromatic carbocycles. The Morgan fingerprint density at radius 3 is 2.41 bits per heavy atom. The van der Waals surface area contributed by atoms with E-state index in [1.165, 1.54) is 30.5 Å². The monoisotopic (exact) mass is 509 g/mol. The summed E-state index contributed by atoms with van der Waals surface area (Å²) in [6, 6.07) is 14.6. The lowest BCUT2D eigenvalue weighted by atomic mass is 10.2. The first-order valence-corrected chi connectivity index (χ1v) is 10.6. The maximum Gasteiger partial charge on any atom is 0.416 e. The van der Waals surface area contributed by atoms with Gasteiger partial charge in [0.15, 0.2) is 17.8 Å². The van der Waals surface area contributed by atoms with E-state index in [4.69, 9.17) is 23.2 Å². The van der Waals surface area contributed by atoms with E-state index in [9.17, 15) is 23.1 Å². The molecular formula is C22H16Cl2F3N5O2. The van der Waals surface area contributed by atoms with E-state index in [-0.39, 0.29) is 12.4 Å². The molecule has 0 aliphatic rings. The molecule has 1 unspecified atom stereocenters. The third kappa shape index (κ3) is 5.14. The molecule has 1 N–H and O–H groups in total. The van der Waals surface area contributed by atoms with Gasteiger partial charge in [-0.25, -0.2) is 19.4 Å². The summed E-state index contributed by atoms with van der Waals surface area (Å²) in [5.74, 6) is 0.270. The smallest absolute Gasteiger partial charge is 0.382 e. The van der Waals surface area contributed by atoms with Crippen LogP contribution in [0.1, 0.15) is 5.69 Å². The number of aromatic nitrogens is 5. The van der Waals surface area contributed by atoms with E-state index in [1.54, 1.807) is 30.3 Å². The van der Waals surface area contributed by atoms with Crippen molar-refractivity contribution in [2.24, 2.45) is 0 Å². The van der Waals surface area contributed by atoms with E-state index < -0.39 is 24.5 Å². The van der Waals surface area contributed by atoms with Gasteiger partial charge in [-0.05, 0) is 42.5 Å². The maximum absolute atomic E-state index is 13.0. The van der Waals surface area contributed by atoms with Gasteiger partial charge in [0.25, 0.3) is 0 Å². The fraction of sp³-hybridized carbons (Fsp3) is 0.182. The molecule has 0 aliphatic heterocycles. The molecule has 4 aromatic rings. The number of rotatable bonds is 6. The van der Waals surface area contributed by atoms with Crippen LogP contribution in [-0.2, 0) is 13.1 Å². The van der Waals surface area contributed by atoms with Gasteiger partial charge in [0.05, 0.1) is 23.8 Å². The zero-order valence-electron chi connectivity index (χ0n) is 17.2. The lowest BCUT2D eigenvalue weighted by Crippen LogP contribution is -2.37. The van der Waals surface area contributed by atoms with Crippen LogP contribution in [0.5, 0.6) is 0 Å². The normalized spacial score (nSPS) is 12.6. The van der Waals surface area contributed by atoms with E-state index >= 15 is 0 Å². The molecule has 0 aliphatic carbocycles. The minimum Gasteiger partial charge on any atom is -0.382 e. The molecular weight excluding hydrogens is 494 g/mol. The van der Waals surface area contributed by atoms with Gasteiger partial charge in [0, 0.05) is 22.3 Å². The molecule has 2 heterocycles. The number of aliphatic hydroxyl groups is 1. The van der Waals surface area contributed by atoms with Crippen molar-refractivity contribution in [3.63, 3.8) is 0 Å². The van der Waals surface area contributed by atoms with Crippen LogP contribution in [0.3, 0.4) is 0 Å². The second kappa shape index (κ2) is 9.57. The zero-order chi connectivity index (χ0) is 24.5. The van der Waals surface area contributed by atoms with Crippen molar-refractivity contribution in [1.82, 2.24) is 24.3 Å². The molecule has 0 bridgehead atoms. The first kappa shape index (κ1) is 23.9. The highest BCUT2D eigenvalue weighted by molar-refractivity contribution is 6.33. The van der Waals surface area contributed by atoms with Crippen molar-refractivity contribution < 1.29 is 18.3 Å². The third-order valence-corrected chi connectivity index (χ3v) is 5.48. The van der Waals surface area contributed by atoms with Crippen molar-refractivity contribution >= 4 is 23.2 Å². The lowest BCUT2D eigenvalue weighted by molar-refractivity contribution is -0.207. The number of halogens is 5. The van der Waals surface area contributed by atoms with Crippen molar-refractivity contribution in [3.8, 4) is 22.8 Å². The van der Waals surface area contributed by atoms with Crippen LogP contribution in [-0.4, -0.2) is 41.7 Å². The zero-order valence-corrected chi connectivity index (χ0v) is 18.8. The van der Waals surface area contributed by atoms with Crippen molar-refractivity contribution in [3.05, 3.63) is 87.0 Å². The number of hydrogen-bond acceptors (Lipinski definition) is 5. The summed E-state index contributed by atoms with van der Waals surface area (Å²) < 4.78 is 40.8. The number of nitrogens with zero attached hydrogens (tertiary/aromatic N) is 5. The van der Waals surface area contributed by atoms with Crippen LogP contribution in [0.15, 0.2) is 65.6 Å². The molecule has 7 nitrogen and oxygen atoms in total. The lowest BCUT2D eigenvalue weighted by Gasteiger charge is -2.15. The minimum atomic E-state index is -4.91. The summed E-state index contributed by atoms with van der Waals surface area (Å²) >= 11 is 12.1. The van der Waals surface area contributed by atoms with Gasteiger partial charge in [-0.3, -0.25) is 4.57 Å². The molecule has 34 heavy (non-hydrogen) atoms. The van der Waals surface area contributed by atoms with E-state index in [0.717, 1.165) is 9.25 Å². The minimum absolute atomic E-state index is 0.0506. The number of alkyl halides is 3. The van der Waals surface area contributed by atoms with Crippen LogP contribution in [0.2, 0.25) is 10.0 Å². The molecule has 1 atom stereocenters. The summed E-state index contributed by atoms with van der Waals surface area (Å²) in [6.07, 6.45) is -6.17. The summed E-state index contributed by atoms with van der Waals surface area (Å²) in [5, 5.41) is 14.7. The maximum atomic E-state index is 13.0. The summed E-state index contributed by atoms with van der Waals surface area (Å²) in [5.41, 5.74) is 0.481. The highest BCUT2D eigenvalue weighted by Gasteiger charge is 2.39. The Morgan fingerprint density at radius 1 is 1.03 bits per heavy atom. The Bertz CT molecular complexity index is 1370. The molecule has 2 aromatic heterocycles. The van der Waals surface area contributed by atoms with Crippen molar-refractivity contribution in [2.45, 2.75) is 25.4 Å². The van der Waals surface area contributed by atoms with Crippen molar-refractivity contribution in [1.29, 1.82) is 0 Å². The predicted octanol–water partition coefficient (Wildman–Crippen LogP) is 4.45. The molecule has 176 valence electrons.